The summed E-state index contributed by atoms with van der Waals surface area (Å²) in [5, 5.41) is 21.6. The van der Waals surface area contributed by atoms with Crippen LogP contribution in [0.25, 0.3) is 91.5 Å². The number of carbonyl (C=O) groups is 2. The van der Waals surface area contributed by atoms with Crippen molar-refractivity contribution in [3.8, 4) is 33.0 Å². The summed E-state index contributed by atoms with van der Waals surface area (Å²) in [6.07, 6.45) is 3.69. The Labute approximate surface area is 424 Å². The fourth-order valence-electron chi connectivity index (χ4n) is 9.27. The Bertz CT molecular complexity index is 4150. The van der Waals surface area contributed by atoms with Crippen molar-refractivity contribution in [2.45, 2.75) is 23.6 Å². The van der Waals surface area contributed by atoms with Gasteiger partial charge in [0.25, 0.3) is 11.4 Å². The number of benzene rings is 3. The quantitative estimate of drug-likeness (QED) is 0.0985. The number of thioether (sulfide) groups is 2. The van der Waals surface area contributed by atoms with E-state index in [1.54, 1.807) is 104 Å². The van der Waals surface area contributed by atoms with Crippen molar-refractivity contribution in [1.29, 1.82) is 10.5 Å². The summed E-state index contributed by atoms with van der Waals surface area (Å²) in [7, 11) is 0. The van der Waals surface area contributed by atoms with E-state index >= 15 is 0 Å². The zero-order chi connectivity index (χ0) is 47.0. The molecule has 8 nitrogen and oxygen atoms in total. The highest BCUT2D eigenvalue weighted by Crippen LogP contribution is 2.59. The van der Waals surface area contributed by atoms with Crippen LogP contribution in [0.15, 0.2) is 125 Å². The minimum absolute atomic E-state index is 0.0886. The van der Waals surface area contributed by atoms with Crippen molar-refractivity contribution in [3.63, 3.8) is 0 Å². The normalized spacial score (nSPS) is 17.3. The minimum Gasteiger partial charge on any atom is -0.289 e. The lowest BCUT2D eigenvalue weighted by Crippen LogP contribution is -2.27. The molecule has 0 unspecified atom stereocenters. The second kappa shape index (κ2) is 15.9. The lowest BCUT2D eigenvalue weighted by molar-refractivity contribution is 0.103. The van der Waals surface area contributed by atoms with Gasteiger partial charge < -0.3 is 0 Å². The van der Waals surface area contributed by atoms with Crippen LogP contribution in [0.4, 0.5) is 0 Å². The molecule has 0 saturated carbocycles. The number of allylic oxidation sites excluding steroid dienone is 7. The van der Waals surface area contributed by atoms with Gasteiger partial charge in [0.15, 0.2) is 11.6 Å². The van der Waals surface area contributed by atoms with Crippen molar-refractivity contribution in [1.82, 2.24) is 0 Å². The Morgan fingerprint density at radius 1 is 0.594 bits per heavy atom. The summed E-state index contributed by atoms with van der Waals surface area (Å²) in [5.41, 5.74) is 7.09. The van der Waals surface area contributed by atoms with Gasteiger partial charge in [-0.25, -0.2) is 20.2 Å². The molecule has 3 aromatic carbocycles. The number of hydrogen-bond acceptors (Lipinski definition) is 14. The van der Waals surface area contributed by atoms with Crippen LogP contribution in [0.2, 0.25) is 0 Å². The third-order valence-electron chi connectivity index (χ3n) is 12.2. The van der Waals surface area contributed by atoms with Gasteiger partial charge in [-0.1, -0.05) is 77.6 Å². The standard InChI is InChI=1S/C53H22N6O2S8/c1-22(2)53-68-51-41(33-17-37-49(66-33)47-35(64-37)15-23(62-47)13-29-39(31(19-54)56-3)25-9-5-7-11-27(25)45(29)60)43-44(59-21-58-43)42(52(51)69-53)34-18-38-50(67-34)48-36(65-38)16-24(63-48)14-30-40(32(20-55)57-4)26-10-6-8-12-28(26)46(30)61/h5-18H,21H2,1-2H3/b29-13-,30-14-,39-31-,40-32+. The highest BCUT2D eigenvalue weighted by Gasteiger charge is 2.35. The molecule has 0 atom stereocenters. The molecule has 16 heteroatoms. The van der Waals surface area contributed by atoms with Crippen LogP contribution in [0.3, 0.4) is 0 Å². The van der Waals surface area contributed by atoms with Crippen LogP contribution in [-0.2, 0) is 0 Å². The number of hydrogen-bond donors (Lipinski definition) is 0. The van der Waals surface area contributed by atoms with E-state index < -0.39 is 0 Å². The zero-order valence-corrected chi connectivity index (χ0v) is 42.1. The van der Waals surface area contributed by atoms with Crippen molar-refractivity contribution in [2.24, 2.45) is 9.98 Å². The largest absolute Gasteiger partial charge is 0.289 e. The number of Topliss-reactive ketones (excluding diaryl/α,β-unsaturated/α-hetero) is 2. The SMILES string of the molecule is [C-]#[N+]/C(C#N)=C1\C(=C\c2cc3sc4cc(-c5c6c(c(-c7cc8sc9cc(/C=C%10\C(=O)c%11ccccc%11\C%10=C(\C#N)[N+]#[C-])sc9c8s7)c7c5=NCN=7)SC(=C(C)C)S6)sc4c3s2)C(=O)c2ccccc21. The first kappa shape index (κ1) is 42.3. The number of nitriles is 2. The smallest absolute Gasteiger partial charge is 0.270 e. The maximum absolute atomic E-state index is 13.7. The van der Waals surface area contributed by atoms with Gasteiger partial charge in [0.2, 0.25) is 0 Å². The van der Waals surface area contributed by atoms with Gasteiger partial charge in [0.1, 0.15) is 6.67 Å². The van der Waals surface area contributed by atoms with E-state index in [0.29, 0.717) is 51.2 Å². The Balaban J connectivity index is 0.911. The molecule has 0 radical (unpaired) electrons. The van der Waals surface area contributed by atoms with Crippen LogP contribution in [0, 0.1) is 35.8 Å². The molecule has 0 spiro atoms. The van der Waals surface area contributed by atoms with Gasteiger partial charge in [0, 0.05) is 96.9 Å². The van der Waals surface area contributed by atoms with E-state index in [0.717, 1.165) is 60.1 Å². The van der Waals surface area contributed by atoms with Crippen LogP contribution in [-0.4, -0.2) is 18.2 Å². The van der Waals surface area contributed by atoms with Crippen LogP contribution in [0.5, 0.6) is 0 Å². The Kier molecular flexibility index (Phi) is 9.74. The van der Waals surface area contributed by atoms with Gasteiger partial charge >= 0.3 is 0 Å². The third-order valence-corrected chi connectivity index (χ3v) is 22.7. The number of nitrogens with zero attached hydrogens (tertiary/aromatic N) is 6. The Morgan fingerprint density at radius 2 is 1.00 bits per heavy atom. The molecule has 9 aromatic rings. The zero-order valence-electron chi connectivity index (χ0n) is 35.6. The molecule has 2 aliphatic heterocycles. The van der Waals surface area contributed by atoms with E-state index in [-0.39, 0.29) is 23.0 Å². The van der Waals surface area contributed by atoms with Crippen LogP contribution < -0.4 is 10.7 Å². The molecule has 0 fully saturated rings. The van der Waals surface area contributed by atoms with Gasteiger partial charge in [0.05, 0.1) is 54.8 Å². The van der Waals surface area contributed by atoms with E-state index in [9.17, 15) is 20.1 Å². The Hall–Kier alpha value is -6.80. The molecule has 0 saturated heterocycles. The molecule has 0 amide bonds. The summed E-state index contributed by atoms with van der Waals surface area (Å²) in [6.45, 7) is 20.1. The fraction of sp³-hybridized carbons (Fsp3) is 0.0566. The predicted octanol–water partition coefficient (Wildman–Crippen LogP) is 15.5. The average Bonchev–Trinajstić information content (AvgIpc) is 4.22. The molecule has 6 aromatic heterocycles. The van der Waals surface area contributed by atoms with Gasteiger partial charge in [-0.05, 0) is 61.4 Å². The van der Waals surface area contributed by atoms with Crippen molar-refractivity contribution < 1.29 is 9.59 Å². The number of carbonyl (C=O) groups excluding carboxylic acids is 2. The third kappa shape index (κ3) is 6.25. The second-order valence-corrected chi connectivity index (χ2v) is 25.1. The van der Waals surface area contributed by atoms with Crippen molar-refractivity contribution in [3.05, 3.63) is 171 Å². The Morgan fingerprint density at radius 3 is 1.41 bits per heavy atom. The summed E-state index contributed by atoms with van der Waals surface area (Å²) in [5.74, 6) is -0.360. The van der Waals surface area contributed by atoms with Crippen LogP contribution >= 0.6 is 91.5 Å². The molecule has 0 N–H and O–H groups in total. The maximum atomic E-state index is 13.7. The van der Waals surface area contributed by atoms with E-state index in [2.05, 4.69) is 47.8 Å². The van der Waals surface area contributed by atoms with E-state index in [1.165, 1.54) is 38.4 Å². The first-order valence-corrected chi connectivity index (χ1v) is 27.5. The number of thiophene rings is 6. The molecule has 324 valence electrons. The van der Waals surface area contributed by atoms with Crippen molar-refractivity contribution in [2.75, 3.05) is 6.67 Å². The lowest BCUT2D eigenvalue weighted by Gasteiger charge is -2.10. The lowest BCUT2D eigenvalue weighted by atomic mass is 10.0. The molecule has 69 heavy (non-hydrogen) atoms. The van der Waals surface area contributed by atoms with Gasteiger partial charge in [-0.15, -0.1) is 68.0 Å². The molecular weight excluding hydrogens is 1010 g/mol. The number of fused-ring (bicyclic) bond motifs is 10. The summed E-state index contributed by atoms with van der Waals surface area (Å²) in [6, 6.07) is 27.2. The number of rotatable bonds is 4. The highest BCUT2D eigenvalue weighted by atomic mass is 32.2. The topological polar surface area (TPSA) is 115 Å². The molecule has 13 rings (SSSR count). The fourth-order valence-corrected chi connectivity index (χ4v) is 20.2. The van der Waals surface area contributed by atoms with E-state index in [1.807, 2.05) is 59.9 Å². The van der Waals surface area contributed by atoms with Crippen LogP contribution in [0.1, 0.15) is 55.4 Å². The highest BCUT2D eigenvalue weighted by molar-refractivity contribution is 8.24. The first-order valence-electron chi connectivity index (χ1n) is 21.0. The summed E-state index contributed by atoms with van der Waals surface area (Å²) < 4.78 is 10.5. The summed E-state index contributed by atoms with van der Waals surface area (Å²) in [4.78, 5) is 51.0. The predicted molar refractivity (Wildman–Crippen MR) is 288 cm³/mol. The molecular formula is C53H22N6O2S8. The number of ketones is 2. The molecule has 2 aliphatic carbocycles. The first-order chi connectivity index (χ1) is 33.7. The summed E-state index contributed by atoms with van der Waals surface area (Å²) >= 11 is 13.8. The van der Waals surface area contributed by atoms with Crippen molar-refractivity contribution >= 4 is 164 Å². The second-order valence-electron chi connectivity index (χ2n) is 16.3. The molecule has 0 bridgehead atoms. The van der Waals surface area contributed by atoms with Gasteiger partial charge in [-0.3, -0.25) is 19.6 Å². The maximum Gasteiger partial charge on any atom is 0.270 e. The minimum atomic E-state index is -0.180. The van der Waals surface area contributed by atoms with E-state index in [4.69, 9.17) is 23.1 Å². The van der Waals surface area contributed by atoms with Gasteiger partial charge in [-0.2, -0.15) is 0 Å². The molecule has 8 heterocycles. The average molecular weight is 1030 g/mol. The monoisotopic (exact) mass is 1030 g/mol. The molecule has 4 aliphatic rings.